The van der Waals surface area contributed by atoms with Crippen LogP contribution in [-0.4, -0.2) is 35.2 Å². The molecule has 2 aromatic rings. The fourth-order valence-electron chi connectivity index (χ4n) is 4.55. The number of fused-ring (bicyclic) bond motifs is 4. The monoisotopic (exact) mass is 368 g/mol. The second-order valence-electron chi connectivity index (χ2n) is 7.92. The summed E-state index contributed by atoms with van der Waals surface area (Å²) in [6, 6.07) is 7.76. The number of para-hydroxylation sites is 1. The Labute approximate surface area is 159 Å². The number of benzene rings is 1. The molecule has 0 aliphatic carbocycles. The van der Waals surface area contributed by atoms with Gasteiger partial charge in [-0.1, -0.05) is 24.6 Å². The molecule has 3 heterocycles. The van der Waals surface area contributed by atoms with E-state index in [1.54, 1.807) is 0 Å². The molecule has 1 saturated heterocycles. The van der Waals surface area contributed by atoms with Crippen molar-refractivity contribution in [3.8, 4) is 0 Å². The van der Waals surface area contributed by atoms with E-state index < -0.39 is 6.04 Å². The SMILES string of the molecule is N[C@H]1CCCCC(=O)CCc2oc3ccccc3c2C[C@@H]2CCCN2C1=O. The Hall–Kier alpha value is -2.14. The van der Waals surface area contributed by atoms with E-state index in [-0.39, 0.29) is 17.7 Å². The highest BCUT2D eigenvalue weighted by Crippen LogP contribution is 2.32. The Morgan fingerprint density at radius 3 is 2.74 bits per heavy atom. The minimum Gasteiger partial charge on any atom is -0.461 e. The number of hydrogen-bond donors (Lipinski definition) is 1. The normalized spacial score (nSPS) is 25.3. The standard InChI is InChI=1S/C22H28N2O3/c23-19-9-3-1-7-16(25)11-12-21-18(17-8-2-4-10-20(17)27-21)14-15-6-5-13-24(15)22(19)26/h2,4,8,10,15,19H,1,3,5-7,9,11-14,23H2/t15-,19-/m0/s1. The number of aryl methyl sites for hydroxylation is 1. The third-order valence-corrected chi connectivity index (χ3v) is 6.05. The van der Waals surface area contributed by atoms with Crippen molar-refractivity contribution < 1.29 is 14.0 Å². The summed E-state index contributed by atoms with van der Waals surface area (Å²) in [5.41, 5.74) is 8.22. The molecule has 0 spiro atoms. The van der Waals surface area contributed by atoms with Crippen molar-refractivity contribution in [2.45, 2.75) is 69.9 Å². The van der Waals surface area contributed by atoms with Gasteiger partial charge in [-0.25, -0.2) is 0 Å². The predicted octanol–water partition coefficient (Wildman–Crippen LogP) is 3.37. The Morgan fingerprint density at radius 2 is 1.85 bits per heavy atom. The van der Waals surface area contributed by atoms with Crippen molar-refractivity contribution in [1.29, 1.82) is 0 Å². The zero-order valence-electron chi connectivity index (χ0n) is 15.8. The molecule has 0 saturated carbocycles. The average molecular weight is 368 g/mol. The minimum atomic E-state index is -0.454. The summed E-state index contributed by atoms with van der Waals surface area (Å²) in [4.78, 5) is 27.1. The molecule has 4 rings (SSSR count). The van der Waals surface area contributed by atoms with Crippen LogP contribution in [0.4, 0.5) is 0 Å². The average Bonchev–Trinajstić information content (AvgIpc) is 3.27. The van der Waals surface area contributed by atoms with Crippen LogP contribution in [0.5, 0.6) is 0 Å². The van der Waals surface area contributed by atoms with Gasteiger partial charge in [0.1, 0.15) is 17.1 Å². The molecule has 5 heteroatoms. The van der Waals surface area contributed by atoms with Gasteiger partial charge in [0, 0.05) is 42.8 Å². The quantitative estimate of drug-likeness (QED) is 0.773. The molecule has 2 aliphatic rings. The second kappa shape index (κ2) is 7.85. The van der Waals surface area contributed by atoms with Crippen molar-refractivity contribution in [1.82, 2.24) is 4.90 Å². The molecule has 1 amide bonds. The first-order valence-corrected chi connectivity index (χ1v) is 10.2. The molecule has 0 unspecified atom stereocenters. The Bertz CT molecular complexity index is 841. The fourth-order valence-corrected chi connectivity index (χ4v) is 4.55. The van der Waals surface area contributed by atoms with Crippen LogP contribution in [0.1, 0.15) is 56.3 Å². The van der Waals surface area contributed by atoms with Gasteiger partial charge in [-0.2, -0.15) is 0 Å². The van der Waals surface area contributed by atoms with Crippen LogP contribution < -0.4 is 5.73 Å². The summed E-state index contributed by atoms with van der Waals surface area (Å²) in [5.74, 6) is 1.24. The zero-order chi connectivity index (χ0) is 18.8. The largest absolute Gasteiger partial charge is 0.461 e. The van der Waals surface area contributed by atoms with Crippen molar-refractivity contribution in [2.24, 2.45) is 5.73 Å². The summed E-state index contributed by atoms with van der Waals surface area (Å²) >= 11 is 0. The summed E-state index contributed by atoms with van der Waals surface area (Å²) in [6.07, 6.45) is 6.80. The van der Waals surface area contributed by atoms with E-state index >= 15 is 0 Å². The lowest BCUT2D eigenvalue weighted by atomic mass is 9.96. The van der Waals surface area contributed by atoms with Crippen LogP contribution in [0.15, 0.2) is 28.7 Å². The van der Waals surface area contributed by atoms with Crippen molar-refractivity contribution in [3.05, 3.63) is 35.6 Å². The minimum absolute atomic E-state index is 0.0650. The lowest BCUT2D eigenvalue weighted by molar-refractivity contribution is -0.133. The number of amides is 1. The molecule has 5 nitrogen and oxygen atoms in total. The van der Waals surface area contributed by atoms with Gasteiger partial charge in [0.05, 0.1) is 6.04 Å². The Kier molecular flexibility index (Phi) is 5.30. The van der Waals surface area contributed by atoms with Gasteiger partial charge >= 0.3 is 0 Å². The maximum Gasteiger partial charge on any atom is 0.239 e. The number of carbonyl (C=O) groups is 2. The van der Waals surface area contributed by atoms with Crippen LogP contribution in [0, 0.1) is 0 Å². The lowest BCUT2D eigenvalue weighted by Gasteiger charge is -2.28. The highest BCUT2D eigenvalue weighted by molar-refractivity contribution is 5.84. The van der Waals surface area contributed by atoms with Crippen molar-refractivity contribution in [3.63, 3.8) is 0 Å². The van der Waals surface area contributed by atoms with E-state index in [0.29, 0.717) is 25.7 Å². The van der Waals surface area contributed by atoms with E-state index in [4.69, 9.17) is 10.2 Å². The van der Waals surface area contributed by atoms with Crippen molar-refractivity contribution >= 4 is 22.7 Å². The van der Waals surface area contributed by atoms with E-state index in [1.807, 2.05) is 23.1 Å². The van der Waals surface area contributed by atoms with E-state index in [2.05, 4.69) is 6.07 Å². The first-order chi connectivity index (χ1) is 13.1. The molecule has 1 aromatic carbocycles. The van der Waals surface area contributed by atoms with Gasteiger partial charge in [-0.15, -0.1) is 0 Å². The van der Waals surface area contributed by atoms with E-state index in [1.165, 1.54) is 0 Å². The third kappa shape index (κ3) is 3.79. The van der Waals surface area contributed by atoms with Crippen LogP contribution in [0.3, 0.4) is 0 Å². The predicted molar refractivity (Wildman–Crippen MR) is 104 cm³/mol. The summed E-state index contributed by atoms with van der Waals surface area (Å²) in [7, 11) is 0. The molecule has 0 bridgehead atoms. The number of furan rings is 1. The maximum absolute atomic E-state index is 12.9. The molecule has 144 valence electrons. The highest BCUT2D eigenvalue weighted by atomic mass is 16.3. The smallest absolute Gasteiger partial charge is 0.239 e. The number of hydrogen-bond acceptors (Lipinski definition) is 4. The maximum atomic E-state index is 12.9. The second-order valence-corrected chi connectivity index (χ2v) is 7.92. The van der Waals surface area contributed by atoms with Gasteiger partial charge in [0.15, 0.2) is 0 Å². The van der Waals surface area contributed by atoms with Gasteiger partial charge < -0.3 is 15.1 Å². The Morgan fingerprint density at radius 1 is 1.00 bits per heavy atom. The van der Waals surface area contributed by atoms with Crippen LogP contribution >= 0.6 is 0 Å². The molecule has 27 heavy (non-hydrogen) atoms. The van der Waals surface area contributed by atoms with Crippen molar-refractivity contribution in [2.75, 3.05) is 6.54 Å². The first kappa shape index (κ1) is 18.2. The van der Waals surface area contributed by atoms with Gasteiger partial charge in [0.25, 0.3) is 0 Å². The number of rotatable bonds is 0. The van der Waals surface area contributed by atoms with Gasteiger partial charge in [-0.05, 0) is 38.2 Å². The first-order valence-electron chi connectivity index (χ1n) is 10.2. The summed E-state index contributed by atoms with van der Waals surface area (Å²) in [5, 5.41) is 1.11. The number of nitrogens with two attached hydrogens (primary N) is 1. The van der Waals surface area contributed by atoms with Crippen LogP contribution in [0.2, 0.25) is 0 Å². The number of nitrogens with zero attached hydrogens (tertiary/aromatic N) is 1. The molecular formula is C22H28N2O3. The van der Waals surface area contributed by atoms with Crippen LogP contribution in [0.25, 0.3) is 11.0 Å². The molecule has 2 atom stereocenters. The molecule has 0 radical (unpaired) electrons. The van der Waals surface area contributed by atoms with E-state index in [9.17, 15) is 9.59 Å². The molecule has 1 aromatic heterocycles. The number of Topliss-reactive ketones (excluding diaryl/α,β-unsaturated/α-hetero) is 1. The number of carbonyl (C=O) groups excluding carboxylic acids is 2. The fraction of sp³-hybridized carbons (Fsp3) is 0.545. The van der Waals surface area contributed by atoms with Gasteiger partial charge in [0.2, 0.25) is 5.91 Å². The zero-order valence-corrected chi connectivity index (χ0v) is 15.8. The topological polar surface area (TPSA) is 76.5 Å². The molecule has 2 N–H and O–H groups in total. The summed E-state index contributed by atoms with van der Waals surface area (Å²) < 4.78 is 6.11. The lowest BCUT2D eigenvalue weighted by Crippen LogP contribution is -2.46. The van der Waals surface area contributed by atoms with Gasteiger partial charge in [-0.3, -0.25) is 9.59 Å². The molecule has 2 aliphatic heterocycles. The number of ketones is 1. The Balaban J connectivity index is 1.69. The summed E-state index contributed by atoms with van der Waals surface area (Å²) in [6.45, 7) is 0.792. The van der Waals surface area contributed by atoms with Crippen LogP contribution in [-0.2, 0) is 22.4 Å². The van der Waals surface area contributed by atoms with E-state index in [0.717, 1.165) is 60.9 Å². The highest BCUT2D eigenvalue weighted by Gasteiger charge is 2.33. The third-order valence-electron chi connectivity index (χ3n) is 6.05. The molecule has 1 fully saturated rings. The molecular weight excluding hydrogens is 340 g/mol.